The van der Waals surface area contributed by atoms with E-state index in [2.05, 4.69) is 20.8 Å². The zero-order valence-electron chi connectivity index (χ0n) is 9.90. The number of aromatic nitrogens is 2. The Labute approximate surface area is 104 Å². The van der Waals surface area contributed by atoms with Crippen molar-refractivity contribution in [2.24, 2.45) is 0 Å². The Morgan fingerprint density at radius 2 is 2.35 bits per heavy atom. The highest BCUT2D eigenvalue weighted by Crippen LogP contribution is 2.41. The molecule has 0 aromatic carbocycles. The standard InChI is InChI=1S/C10H16N4O2S/c1-6(5-16-2)11-9(15)12-10-14-13-8(17-10)7-3-4-7/h6-7H,3-5H2,1-2H3,(H2,11,12,14,15)/t6-/m0/s1. The second-order valence-corrected chi connectivity index (χ2v) is 5.18. The summed E-state index contributed by atoms with van der Waals surface area (Å²) in [4.78, 5) is 11.6. The van der Waals surface area contributed by atoms with Crippen LogP contribution in [0.15, 0.2) is 0 Å². The van der Waals surface area contributed by atoms with E-state index in [1.165, 1.54) is 24.2 Å². The molecule has 1 aliphatic rings. The predicted octanol–water partition coefficient (Wildman–Crippen LogP) is 1.57. The van der Waals surface area contributed by atoms with Gasteiger partial charge in [0.05, 0.1) is 12.6 Å². The van der Waals surface area contributed by atoms with Gasteiger partial charge in [-0.1, -0.05) is 11.3 Å². The van der Waals surface area contributed by atoms with Crippen LogP contribution in [0.1, 0.15) is 30.7 Å². The summed E-state index contributed by atoms with van der Waals surface area (Å²) >= 11 is 1.45. The molecule has 6 nitrogen and oxygen atoms in total. The van der Waals surface area contributed by atoms with Crippen molar-refractivity contribution in [2.45, 2.75) is 31.7 Å². The summed E-state index contributed by atoms with van der Waals surface area (Å²) in [6.45, 7) is 2.36. The summed E-state index contributed by atoms with van der Waals surface area (Å²) in [6.07, 6.45) is 2.37. The molecule has 0 saturated heterocycles. The van der Waals surface area contributed by atoms with Crippen LogP contribution in [0.3, 0.4) is 0 Å². The smallest absolute Gasteiger partial charge is 0.321 e. The van der Waals surface area contributed by atoms with Crippen molar-refractivity contribution >= 4 is 22.5 Å². The van der Waals surface area contributed by atoms with Gasteiger partial charge in [-0.15, -0.1) is 10.2 Å². The van der Waals surface area contributed by atoms with Crippen LogP contribution < -0.4 is 10.6 Å². The van der Waals surface area contributed by atoms with Crippen molar-refractivity contribution in [1.82, 2.24) is 15.5 Å². The van der Waals surface area contributed by atoms with Crippen molar-refractivity contribution in [2.75, 3.05) is 19.0 Å². The van der Waals surface area contributed by atoms with Crippen LogP contribution in [0.2, 0.25) is 0 Å². The fourth-order valence-electron chi connectivity index (χ4n) is 1.43. The first-order chi connectivity index (χ1) is 8.19. The molecule has 1 heterocycles. The van der Waals surface area contributed by atoms with Crippen LogP contribution in [0.25, 0.3) is 0 Å². The normalized spacial score (nSPS) is 16.6. The molecule has 0 spiro atoms. The topological polar surface area (TPSA) is 76.1 Å². The molecule has 1 saturated carbocycles. The first-order valence-corrected chi connectivity index (χ1v) is 6.40. The highest BCUT2D eigenvalue weighted by Gasteiger charge is 2.27. The molecule has 1 aromatic rings. The number of hydrogen-bond acceptors (Lipinski definition) is 5. The van der Waals surface area contributed by atoms with E-state index < -0.39 is 0 Å². The molecule has 2 N–H and O–H groups in total. The number of anilines is 1. The number of ether oxygens (including phenoxy) is 1. The fourth-order valence-corrected chi connectivity index (χ4v) is 2.34. The molecule has 7 heteroatoms. The van der Waals surface area contributed by atoms with Crippen molar-refractivity contribution in [3.05, 3.63) is 5.01 Å². The summed E-state index contributed by atoms with van der Waals surface area (Å²) in [5.41, 5.74) is 0. The van der Waals surface area contributed by atoms with E-state index in [4.69, 9.17) is 4.74 Å². The quantitative estimate of drug-likeness (QED) is 0.838. The third-order valence-electron chi connectivity index (χ3n) is 2.38. The Hall–Kier alpha value is -1.21. The molecule has 1 fully saturated rings. The largest absolute Gasteiger partial charge is 0.383 e. The van der Waals surface area contributed by atoms with Gasteiger partial charge in [-0.3, -0.25) is 5.32 Å². The number of rotatable bonds is 5. The summed E-state index contributed by atoms with van der Waals surface area (Å²) < 4.78 is 4.93. The van der Waals surface area contributed by atoms with E-state index in [0.29, 0.717) is 17.7 Å². The van der Waals surface area contributed by atoms with Crippen molar-refractivity contribution in [1.29, 1.82) is 0 Å². The Morgan fingerprint density at radius 3 is 3.00 bits per heavy atom. The predicted molar refractivity (Wildman–Crippen MR) is 65.4 cm³/mol. The summed E-state index contributed by atoms with van der Waals surface area (Å²) in [5.74, 6) is 0.568. The average Bonchev–Trinajstić information content (AvgIpc) is 3.01. The number of carbonyl (C=O) groups excluding carboxylic acids is 1. The number of hydrogen-bond donors (Lipinski definition) is 2. The summed E-state index contributed by atoms with van der Waals surface area (Å²) in [5, 5.41) is 15.0. The maximum atomic E-state index is 11.6. The lowest BCUT2D eigenvalue weighted by atomic mass is 10.4. The van der Waals surface area contributed by atoms with Gasteiger partial charge < -0.3 is 10.1 Å². The fraction of sp³-hybridized carbons (Fsp3) is 0.700. The Balaban J connectivity index is 1.80. The number of carbonyl (C=O) groups is 1. The molecule has 2 rings (SSSR count). The van der Waals surface area contributed by atoms with Crippen molar-refractivity contribution in [3.63, 3.8) is 0 Å². The van der Waals surface area contributed by atoms with Crippen LogP contribution in [-0.2, 0) is 4.74 Å². The van der Waals surface area contributed by atoms with Gasteiger partial charge in [0.1, 0.15) is 5.01 Å². The van der Waals surface area contributed by atoms with E-state index >= 15 is 0 Å². The van der Waals surface area contributed by atoms with Crippen LogP contribution in [-0.4, -0.2) is 36.0 Å². The minimum atomic E-state index is -0.270. The molecule has 1 aromatic heterocycles. The maximum Gasteiger partial charge on any atom is 0.321 e. The minimum absolute atomic E-state index is 0.0316. The van der Waals surface area contributed by atoms with E-state index in [0.717, 1.165) is 5.01 Å². The highest BCUT2D eigenvalue weighted by atomic mass is 32.1. The van der Waals surface area contributed by atoms with Gasteiger partial charge in [0.2, 0.25) is 5.13 Å². The van der Waals surface area contributed by atoms with E-state index in [-0.39, 0.29) is 12.1 Å². The Bertz CT molecular complexity index is 391. The molecular formula is C10H16N4O2S. The molecule has 94 valence electrons. The maximum absolute atomic E-state index is 11.6. The van der Waals surface area contributed by atoms with Crippen LogP contribution >= 0.6 is 11.3 Å². The SMILES string of the molecule is COC[C@H](C)NC(=O)Nc1nnc(C2CC2)s1. The average molecular weight is 256 g/mol. The van der Waals surface area contributed by atoms with Gasteiger partial charge >= 0.3 is 6.03 Å². The van der Waals surface area contributed by atoms with Crippen molar-refractivity contribution < 1.29 is 9.53 Å². The number of amides is 2. The van der Waals surface area contributed by atoms with Gasteiger partial charge in [0.25, 0.3) is 0 Å². The number of nitrogens with zero attached hydrogens (tertiary/aromatic N) is 2. The zero-order valence-corrected chi connectivity index (χ0v) is 10.7. The first-order valence-electron chi connectivity index (χ1n) is 5.59. The van der Waals surface area contributed by atoms with Crippen LogP contribution in [0.4, 0.5) is 9.93 Å². The molecule has 0 unspecified atom stereocenters. The second kappa shape index (κ2) is 5.42. The lowest BCUT2D eigenvalue weighted by Gasteiger charge is -2.11. The molecule has 17 heavy (non-hydrogen) atoms. The third-order valence-corrected chi connectivity index (χ3v) is 3.38. The monoisotopic (exact) mass is 256 g/mol. The molecule has 0 aliphatic heterocycles. The van der Waals surface area contributed by atoms with Gasteiger partial charge in [-0.2, -0.15) is 0 Å². The summed E-state index contributed by atoms with van der Waals surface area (Å²) in [6, 6.07) is -0.302. The molecule has 1 atom stereocenters. The van der Waals surface area contributed by atoms with Crippen LogP contribution in [0.5, 0.6) is 0 Å². The number of urea groups is 1. The number of nitrogens with one attached hydrogen (secondary N) is 2. The van der Waals surface area contributed by atoms with Gasteiger partial charge in [-0.25, -0.2) is 4.79 Å². The molecule has 0 bridgehead atoms. The van der Waals surface area contributed by atoms with E-state index in [1.54, 1.807) is 7.11 Å². The van der Waals surface area contributed by atoms with Gasteiger partial charge in [0.15, 0.2) is 0 Å². The second-order valence-electron chi connectivity index (χ2n) is 4.17. The molecule has 2 amide bonds. The van der Waals surface area contributed by atoms with E-state index in [9.17, 15) is 4.79 Å². The Morgan fingerprint density at radius 1 is 1.59 bits per heavy atom. The van der Waals surface area contributed by atoms with Crippen LogP contribution in [0, 0.1) is 0 Å². The number of methoxy groups -OCH3 is 1. The lowest BCUT2D eigenvalue weighted by molar-refractivity contribution is 0.173. The van der Waals surface area contributed by atoms with E-state index in [1.807, 2.05) is 6.92 Å². The van der Waals surface area contributed by atoms with Gasteiger partial charge in [0, 0.05) is 13.0 Å². The molecular weight excluding hydrogens is 240 g/mol. The zero-order chi connectivity index (χ0) is 12.3. The molecule has 0 radical (unpaired) electrons. The highest BCUT2D eigenvalue weighted by molar-refractivity contribution is 7.15. The third kappa shape index (κ3) is 3.64. The molecule has 1 aliphatic carbocycles. The summed E-state index contributed by atoms with van der Waals surface area (Å²) in [7, 11) is 1.60. The van der Waals surface area contributed by atoms with Crippen molar-refractivity contribution in [3.8, 4) is 0 Å². The minimum Gasteiger partial charge on any atom is -0.383 e. The van der Waals surface area contributed by atoms with Gasteiger partial charge in [-0.05, 0) is 19.8 Å². The first kappa shape index (κ1) is 12.3. The lowest BCUT2D eigenvalue weighted by Crippen LogP contribution is -2.38. The Kier molecular flexibility index (Phi) is 3.90.